The molecule has 0 atom stereocenters. The Morgan fingerprint density at radius 1 is 1.33 bits per heavy atom. The van der Waals surface area contributed by atoms with Crippen molar-refractivity contribution in [1.29, 1.82) is 0 Å². The van der Waals surface area contributed by atoms with Crippen molar-refractivity contribution in [2.75, 3.05) is 17.6 Å². The molecule has 0 aromatic carbocycles. The van der Waals surface area contributed by atoms with Crippen LogP contribution in [-0.2, 0) is 6.42 Å². The number of H-pyrrole nitrogens is 1. The van der Waals surface area contributed by atoms with Crippen molar-refractivity contribution in [1.82, 2.24) is 25.4 Å². The van der Waals surface area contributed by atoms with Crippen LogP contribution in [0, 0.1) is 0 Å². The zero-order valence-corrected chi connectivity index (χ0v) is 8.01. The van der Waals surface area contributed by atoms with Crippen molar-refractivity contribution in [3.8, 4) is 0 Å². The van der Waals surface area contributed by atoms with E-state index < -0.39 is 0 Å². The molecule has 0 radical (unpaired) electrons. The highest BCUT2D eigenvalue weighted by atomic mass is 15.2. The van der Waals surface area contributed by atoms with Crippen molar-refractivity contribution < 1.29 is 0 Å². The van der Waals surface area contributed by atoms with Crippen molar-refractivity contribution >= 4 is 11.6 Å². The molecule has 2 aromatic rings. The van der Waals surface area contributed by atoms with Crippen LogP contribution < -0.4 is 11.1 Å². The Balaban J connectivity index is 1.81. The summed E-state index contributed by atoms with van der Waals surface area (Å²) >= 11 is 0. The topological polar surface area (TPSA) is 105 Å². The summed E-state index contributed by atoms with van der Waals surface area (Å²) < 4.78 is 0. The van der Waals surface area contributed by atoms with Gasteiger partial charge >= 0.3 is 0 Å². The van der Waals surface area contributed by atoms with Gasteiger partial charge in [-0.15, -0.1) is 10.2 Å². The Morgan fingerprint density at radius 3 is 2.93 bits per heavy atom. The molecule has 2 aromatic heterocycles. The van der Waals surface area contributed by atoms with E-state index in [2.05, 4.69) is 30.7 Å². The van der Waals surface area contributed by atoms with E-state index in [9.17, 15) is 0 Å². The molecule has 0 aliphatic carbocycles. The molecule has 15 heavy (non-hydrogen) atoms. The molecule has 2 rings (SSSR count). The number of rotatable bonds is 4. The van der Waals surface area contributed by atoms with Gasteiger partial charge in [0.25, 0.3) is 0 Å². The SMILES string of the molecule is Nc1ccc(NCCc2ncn[nH]2)nn1. The van der Waals surface area contributed by atoms with Crippen LogP contribution in [0.2, 0.25) is 0 Å². The number of nitrogens with zero attached hydrogens (tertiary/aromatic N) is 4. The van der Waals surface area contributed by atoms with Crippen molar-refractivity contribution in [3.05, 3.63) is 24.3 Å². The van der Waals surface area contributed by atoms with E-state index in [0.717, 1.165) is 12.2 Å². The monoisotopic (exact) mass is 205 g/mol. The average molecular weight is 205 g/mol. The minimum Gasteiger partial charge on any atom is -0.382 e. The van der Waals surface area contributed by atoms with E-state index in [4.69, 9.17) is 5.73 Å². The van der Waals surface area contributed by atoms with E-state index in [1.54, 1.807) is 12.1 Å². The summed E-state index contributed by atoms with van der Waals surface area (Å²) in [6.07, 6.45) is 2.24. The fourth-order valence-electron chi connectivity index (χ4n) is 1.10. The maximum absolute atomic E-state index is 5.41. The Morgan fingerprint density at radius 2 is 2.27 bits per heavy atom. The summed E-state index contributed by atoms with van der Waals surface area (Å²) in [5.41, 5.74) is 5.41. The van der Waals surface area contributed by atoms with E-state index >= 15 is 0 Å². The third-order valence-electron chi connectivity index (χ3n) is 1.82. The van der Waals surface area contributed by atoms with Crippen LogP contribution in [0.4, 0.5) is 11.6 Å². The molecule has 0 bridgehead atoms. The fraction of sp³-hybridized carbons (Fsp3) is 0.250. The summed E-state index contributed by atoms with van der Waals surface area (Å²) in [6, 6.07) is 3.48. The molecular formula is C8H11N7. The minimum absolute atomic E-state index is 0.413. The number of nitrogens with one attached hydrogen (secondary N) is 2. The molecule has 7 nitrogen and oxygen atoms in total. The second kappa shape index (κ2) is 4.36. The minimum atomic E-state index is 0.413. The Kier molecular flexibility index (Phi) is 2.72. The van der Waals surface area contributed by atoms with Gasteiger partial charge in [-0.25, -0.2) is 4.98 Å². The normalized spacial score (nSPS) is 10.1. The van der Waals surface area contributed by atoms with Crippen LogP contribution in [0.1, 0.15) is 5.82 Å². The molecule has 0 spiro atoms. The molecule has 0 fully saturated rings. The summed E-state index contributed by atoms with van der Waals surface area (Å²) in [5.74, 6) is 1.95. The van der Waals surface area contributed by atoms with Gasteiger partial charge in [-0.1, -0.05) is 0 Å². The first kappa shape index (κ1) is 9.38. The summed E-state index contributed by atoms with van der Waals surface area (Å²) in [7, 11) is 0. The van der Waals surface area contributed by atoms with Gasteiger partial charge in [0.05, 0.1) is 0 Å². The number of hydrogen-bond donors (Lipinski definition) is 3. The number of nitrogen functional groups attached to an aromatic ring is 1. The first-order valence-electron chi connectivity index (χ1n) is 4.52. The molecule has 0 aliphatic heterocycles. The van der Waals surface area contributed by atoms with Crippen molar-refractivity contribution in [2.45, 2.75) is 6.42 Å². The van der Waals surface area contributed by atoms with Gasteiger partial charge in [-0.05, 0) is 12.1 Å². The van der Waals surface area contributed by atoms with Gasteiger partial charge in [0, 0.05) is 13.0 Å². The molecule has 0 saturated carbocycles. The second-order valence-electron chi connectivity index (χ2n) is 2.95. The predicted molar refractivity (Wildman–Crippen MR) is 55.0 cm³/mol. The summed E-state index contributed by atoms with van der Waals surface area (Å²) in [6.45, 7) is 0.716. The van der Waals surface area contributed by atoms with Crippen molar-refractivity contribution in [3.63, 3.8) is 0 Å². The molecular weight excluding hydrogens is 194 g/mol. The third kappa shape index (κ3) is 2.63. The number of nitrogens with two attached hydrogens (primary N) is 1. The maximum Gasteiger partial charge on any atom is 0.148 e. The lowest BCUT2D eigenvalue weighted by Gasteiger charge is -2.02. The van der Waals surface area contributed by atoms with Crippen LogP contribution in [0.15, 0.2) is 18.5 Å². The molecule has 2 heterocycles. The second-order valence-corrected chi connectivity index (χ2v) is 2.95. The van der Waals surface area contributed by atoms with Crippen LogP contribution in [0.5, 0.6) is 0 Å². The number of aromatic amines is 1. The first-order chi connectivity index (χ1) is 7.34. The van der Waals surface area contributed by atoms with Crippen LogP contribution >= 0.6 is 0 Å². The van der Waals surface area contributed by atoms with Gasteiger partial charge in [0.1, 0.15) is 23.8 Å². The lowest BCUT2D eigenvalue weighted by atomic mass is 10.4. The molecule has 0 amide bonds. The average Bonchev–Trinajstić information content (AvgIpc) is 2.74. The molecule has 4 N–H and O–H groups in total. The van der Waals surface area contributed by atoms with Gasteiger partial charge in [0.15, 0.2) is 0 Å². The molecule has 78 valence electrons. The van der Waals surface area contributed by atoms with Gasteiger partial charge in [-0.3, -0.25) is 5.10 Å². The van der Waals surface area contributed by atoms with Crippen LogP contribution in [-0.4, -0.2) is 31.9 Å². The molecule has 0 saturated heterocycles. The van der Waals surface area contributed by atoms with E-state index in [-0.39, 0.29) is 0 Å². The zero-order chi connectivity index (χ0) is 10.5. The van der Waals surface area contributed by atoms with Gasteiger partial charge in [0.2, 0.25) is 0 Å². The van der Waals surface area contributed by atoms with Crippen LogP contribution in [0.3, 0.4) is 0 Å². The largest absolute Gasteiger partial charge is 0.382 e. The quantitative estimate of drug-likeness (QED) is 0.640. The Hall–Kier alpha value is -2.18. The number of aromatic nitrogens is 5. The van der Waals surface area contributed by atoms with E-state index in [1.807, 2.05) is 0 Å². The standard InChI is InChI=1S/C8H11N7/c9-6-1-2-7(15-13-6)10-4-3-8-11-5-12-14-8/h1-2,5H,3-4H2,(H2,9,13)(H,10,15)(H,11,12,14). The van der Waals surface area contributed by atoms with E-state index in [0.29, 0.717) is 18.2 Å². The van der Waals surface area contributed by atoms with Crippen LogP contribution in [0.25, 0.3) is 0 Å². The summed E-state index contributed by atoms with van der Waals surface area (Å²) in [4.78, 5) is 4.00. The highest BCUT2D eigenvalue weighted by molar-refractivity contribution is 5.38. The molecule has 7 heteroatoms. The highest BCUT2D eigenvalue weighted by Gasteiger charge is 1.97. The lowest BCUT2D eigenvalue weighted by Crippen LogP contribution is -2.08. The number of anilines is 2. The lowest BCUT2D eigenvalue weighted by molar-refractivity contribution is 0.890. The maximum atomic E-state index is 5.41. The fourth-order valence-corrected chi connectivity index (χ4v) is 1.10. The van der Waals surface area contributed by atoms with Gasteiger partial charge in [-0.2, -0.15) is 5.10 Å². The first-order valence-corrected chi connectivity index (χ1v) is 4.52. The smallest absolute Gasteiger partial charge is 0.148 e. The predicted octanol–water partition coefficient (Wildman–Crippen LogP) is -0.169. The number of hydrogen-bond acceptors (Lipinski definition) is 6. The zero-order valence-electron chi connectivity index (χ0n) is 8.01. The summed E-state index contributed by atoms with van der Waals surface area (Å²) in [5, 5.41) is 17.2. The van der Waals surface area contributed by atoms with E-state index in [1.165, 1.54) is 6.33 Å². The van der Waals surface area contributed by atoms with Crippen molar-refractivity contribution in [2.24, 2.45) is 0 Å². The highest BCUT2D eigenvalue weighted by Crippen LogP contribution is 2.02. The third-order valence-corrected chi connectivity index (χ3v) is 1.82. The Labute approximate surface area is 86.1 Å². The Bertz CT molecular complexity index is 393. The molecule has 0 unspecified atom stereocenters. The van der Waals surface area contributed by atoms with Gasteiger partial charge < -0.3 is 11.1 Å². The molecule has 0 aliphatic rings.